The van der Waals surface area contributed by atoms with E-state index in [4.69, 9.17) is 17.0 Å². The molecule has 106 valence electrons. The predicted molar refractivity (Wildman–Crippen MR) is 87.8 cm³/mol. The molecule has 1 fully saturated rings. The molecule has 0 spiro atoms. The minimum absolute atomic E-state index is 0.0431. The van der Waals surface area contributed by atoms with Crippen LogP contribution >= 0.6 is 24.0 Å². The summed E-state index contributed by atoms with van der Waals surface area (Å²) in [5, 5.41) is 0. The van der Waals surface area contributed by atoms with Crippen LogP contribution in [0.3, 0.4) is 0 Å². The molecule has 1 aliphatic rings. The van der Waals surface area contributed by atoms with Crippen LogP contribution in [0, 0.1) is 0 Å². The molecular weight excluding hydrogens is 290 g/mol. The average Bonchev–Trinajstić information content (AvgIpc) is 2.64. The maximum atomic E-state index is 12.5. The molecule has 5 heteroatoms. The van der Waals surface area contributed by atoms with Gasteiger partial charge in [0.15, 0.2) is 0 Å². The highest BCUT2D eigenvalue weighted by atomic mass is 32.2. The third-order valence-corrected chi connectivity index (χ3v) is 4.19. The lowest BCUT2D eigenvalue weighted by Crippen LogP contribution is -2.44. The molecule has 1 aromatic rings. The molecule has 0 N–H and O–H groups in total. The molecule has 2 rings (SSSR count). The van der Waals surface area contributed by atoms with Crippen LogP contribution in [0.5, 0.6) is 5.75 Å². The fraction of sp³-hybridized carbons (Fsp3) is 0.333. The summed E-state index contributed by atoms with van der Waals surface area (Å²) in [6, 6.07) is 7.61. The maximum Gasteiger partial charge on any atom is 0.266 e. The number of para-hydroxylation sites is 1. The van der Waals surface area contributed by atoms with Crippen molar-refractivity contribution in [3.63, 3.8) is 0 Å². The van der Waals surface area contributed by atoms with Gasteiger partial charge in [-0.05, 0) is 32.9 Å². The van der Waals surface area contributed by atoms with Gasteiger partial charge in [-0.2, -0.15) is 0 Å². The highest BCUT2D eigenvalue weighted by Crippen LogP contribution is 2.37. The minimum Gasteiger partial charge on any atom is -0.496 e. The third-order valence-electron chi connectivity index (χ3n) is 2.89. The number of carbonyl (C=O) groups excluding carboxylic acids is 1. The van der Waals surface area contributed by atoms with Crippen molar-refractivity contribution in [2.45, 2.75) is 26.3 Å². The van der Waals surface area contributed by atoms with Crippen molar-refractivity contribution < 1.29 is 9.53 Å². The first-order chi connectivity index (χ1) is 9.34. The van der Waals surface area contributed by atoms with Crippen LogP contribution in [0.2, 0.25) is 0 Å². The van der Waals surface area contributed by atoms with E-state index in [0.29, 0.717) is 9.23 Å². The van der Waals surface area contributed by atoms with Gasteiger partial charge >= 0.3 is 0 Å². The number of rotatable bonds is 2. The predicted octanol–water partition coefficient (Wildman–Crippen LogP) is 3.69. The van der Waals surface area contributed by atoms with Gasteiger partial charge in [-0.1, -0.05) is 42.2 Å². The smallest absolute Gasteiger partial charge is 0.266 e. The summed E-state index contributed by atoms with van der Waals surface area (Å²) in [6.07, 6.45) is 1.84. The molecular formula is C15H17NO2S2. The Morgan fingerprint density at radius 3 is 2.50 bits per heavy atom. The summed E-state index contributed by atoms with van der Waals surface area (Å²) in [5.74, 6) is 0.701. The van der Waals surface area contributed by atoms with Crippen LogP contribution in [0.25, 0.3) is 6.08 Å². The van der Waals surface area contributed by atoms with E-state index in [1.807, 2.05) is 51.1 Å². The first-order valence-electron chi connectivity index (χ1n) is 6.25. The number of ether oxygens (including phenoxy) is 1. The molecule has 0 atom stereocenters. The molecule has 0 unspecified atom stereocenters. The van der Waals surface area contributed by atoms with E-state index in [0.717, 1.165) is 11.3 Å². The number of carbonyl (C=O) groups is 1. The molecule has 0 radical (unpaired) electrons. The lowest BCUT2D eigenvalue weighted by Gasteiger charge is -2.30. The zero-order valence-corrected chi connectivity index (χ0v) is 13.6. The summed E-state index contributed by atoms with van der Waals surface area (Å²) in [6.45, 7) is 5.93. The van der Waals surface area contributed by atoms with E-state index < -0.39 is 0 Å². The molecule has 1 amide bonds. The van der Waals surface area contributed by atoms with Crippen molar-refractivity contribution >= 4 is 40.3 Å². The zero-order valence-electron chi connectivity index (χ0n) is 12.0. The Bertz CT molecular complexity index is 588. The fourth-order valence-corrected chi connectivity index (χ4v) is 3.60. The number of benzene rings is 1. The number of nitrogens with zero attached hydrogens (tertiary/aromatic N) is 1. The van der Waals surface area contributed by atoms with Crippen LogP contribution in [0.1, 0.15) is 26.3 Å². The van der Waals surface area contributed by atoms with Gasteiger partial charge in [0.2, 0.25) is 0 Å². The van der Waals surface area contributed by atoms with E-state index in [1.165, 1.54) is 11.8 Å². The SMILES string of the molecule is COc1ccccc1C=C1SC(=S)N(C(C)(C)C)C1=O. The van der Waals surface area contributed by atoms with Gasteiger partial charge in [0.05, 0.1) is 12.0 Å². The number of hydrogen-bond donors (Lipinski definition) is 0. The first-order valence-corrected chi connectivity index (χ1v) is 7.48. The first kappa shape index (κ1) is 15.1. The van der Waals surface area contributed by atoms with Gasteiger partial charge in [-0.3, -0.25) is 9.69 Å². The molecule has 0 bridgehead atoms. The van der Waals surface area contributed by atoms with E-state index in [-0.39, 0.29) is 11.4 Å². The van der Waals surface area contributed by atoms with Crippen molar-refractivity contribution in [2.75, 3.05) is 7.11 Å². The Morgan fingerprint density at radius 2 is 1.95 bits per heavy atom. The standard InChI is InChI=1S/C15H17NO2S2/c1-15(2,3)16-13(17)12(20-14(16)19)9-10-7-5-6-8-11(10)18-4/h5-9H,1-4H3. The Morgan fingerprint density at radius 1 is 1.30 bits per heavy atom. The normalized spacial score (nSPS) is 18.0. The Kier molecular flexibility index (Phi) is 4.20. The summed E-state index contributed by atoms with van der Waals surface area (Å²) in [7, 11) is 1.62. The molecule has 1 saturated heterocycles. The van der Waals surface area contributed by atoms with Crippen LogP contribution in [-0.2, 0) is 4.79 Å². The molecule has 3 nitrogen and oxygen atoms in total. The molecule has 20 heavy (non-hydrogen) atoms. The lowest BCUT2D eigenvalue weighted by atomic mass is 10.1. The minimum atomic E-state index is -0.308. The largest absolute Gasteiger partial charge is 0.496 e. The Hall–Kier alpha value is -1.33. The Balaban J connectivity index is 2.38. The molecule has 0 aromatic heterocycles. The van der Waals surface area contributed by atoms with Crippen LogP contribution < -0.4 is 4.74 Å². The van der Waals surface area contributed by atoms with Crippen molar-refractivity contribution in [2.24, 2.45) is 0 Å². The highest BCUT2D eigenvalue weighted by Gasteiger charge is 2.39. The zero-order chi connectivity index (χ0) is 14.9. The van der Waals surface area contributed by atoms with Crippen LogP contribution in [-0.4, -0.2) is 27.8 Å². The Labute approximate surface area is 129 Å². The van der Waals surface area contributed by atoms with Gasteiger partial charge in [-0.15, -0.1) is 0 Å². The second-order valence-corrected chi connectivity index (χ2v) is 7.11. The van der Waals surface area contributed by atoms with E-state index in [1.54, 1.807) is 12.0 Å². The highest BCUT2D eigenvalue weighted by molar-refractivity contribution is 8.26. The van der Waals surface area contributed by atoms with Crippen LogP contribution in [0.15, 0.2) is 29.2 Å². The average molecular weight is 307 g/mol. The molecule has 1 heterocycles. The maximum absolute atomic E-state index is 12.5. The monoisotopic (exact) mass is 307 g/mol. The fourth-order valence-electron chi connectivity index (χ4n) is 1.97. The van der Waals surface area contributed by atoms with E-state index >= 15 is 0 Å². The number of hydrogen-bond acceptors (Lipinski definition) is 4. The second-order valence-electron chi connectivity index (χ2n) is 5.43. The molecule has 0 aliphatic carbocycles. The van der Waals surface area contributed by atoms with Gasteiger partial charge < -0.3 is 4.74 Å². The summed E-state index contributed by atoms with van der Waals surface area (Å²) < 4.78 is 5.90. The van der Waals surface area contributed by atoms with E-state index in [2.05, 4.69) is 0 Å². The van der Waals surface area contributed by atoms with E-state index in [9.17, 15) is 4.79 Å². The number of thioether (sulfide) groups is 1. The molecule has 1 aromatic carbocycles. The van der Waals surface area contributed by atoms with Crippen LogP contribution in [0.4, 0.5) is 0 Å². The van der Waals surface area contributed by atoms with Crippen molar-refractivity contribution in [1.29, 1.82) is 0 Å². The quantitative estimate of drug-likeness (QED) is 0.615. The molecule has 1 aliphatic heterocycles. The third kappa shape index (κ3) is 2.88. The second kappa shape index (κ2) is 5.58. The van der Waals surface area contributed by atoms with Gasteiger partial charge in [0.25, 0.3) is 5.91 Å². The van der Waals surface area contributed by atoms with Gasteiger partial charge in [0, 0.05) is 11.1 Å². The molecule has 0 saturated carbocycles. The van der Waals surface area contributed by atoms with Crippen molar-refractivity contribution in [3.8, 4) is 5.75 Å². The number of thiocarbonyl (C=S) groups is 1. The summed E-state index contributed by atoms with van der Waals surface area (Å²) in [4.78, 5) is 14.8. The summed E-state index contributed by atoms with van der Waals surface area (Å²) >= 11 is 6.65. The summed E-state index contributed by atoms with van der Waals surface area (Å²) in [5.41, 5.74) is 0.571. The van der Waals surface area contributed by atoms with Gasteiger partial charge in [-0.25, -0.2) is 0 Å². The van der Waals surface area contributed by atoms with Gasteiger partial charge in [0.1, 0.15) is 10.1 Å². The topological polar surface area (TPSA) is 29.5 Å². The van der Waals surface area contributed by atoms with Crippen molar-refractivity contribution in [1.82, 2.24) is 4.90 Å². The lowest BCUT2D eigenvalue weighted by molar-refractivity contribution is -0.125. The number of methoxy groups -OCH3 is 1. The number of amides is 1. The van der Waals surface area contributed by atoms with Crippen molar-refractivity contribution in [3.05, 3.63) is 34.7 Å².